The molecule has 0 aliphatic carbocycles. The molecule has 0 bridgehead atoms. The first-order valence-electron chi connectivity index (χ1n) is 9.42. The van der Waals surface area contributed by atoms with E-state index in [0.29, 0.717) is 24.3 Å². The number of methoxy groups -OCH3 is 1. The summed E-state index contributed by atoms with van der Waals surface area (Å²) in [6, 6.07) is 14.0. The molecule has 7 nitrogen and oxygen atoms in total. The maximum Gasteiger partial charge on any atom is 0.337 e. The van der Waals surface area contributed by atoms with Gasteiger partial charge in [0, 0.05) is 19.7 Å². The lowest BCUT2D eigenvalue weighted by atomic mass is 10.1. The minimum atomic E-state index is -0.630. The third kappa shape index (κ3) is 7.09. The molecule has 0 aliphatic heterocycles. The molecule has 30 heavy (non-hydrogen) atoms. The van der Waals surface area contributed by atoms with Gasteiger partial charge in [-0.3, -0.25) is 4.79 Å². The van der Waals surface area contributed by atoms with E-state index in [0.717, 1.165) is 11.3 Å². The van der Waals surface area contributed by atoms with Gasteiger partial charge in [-0.15, -0.1) is 0 Å². The van der Waals surface area contributed by atoms with Crippen molar-refractivity contribution in [1.29, 1.82) is 0 Å². The van der Waals surface area contributed by atoms with E-state index < -0.39 is 11.9 Å². The molecule has 0 N–H and O–H groups in total. The number of amides is 1. The molecule has 2 rings (SSSR count). The van der Waals surface area contributed by atoms with Crippen molar-refractivity contribution >= 4 is 23.9 Å². The van der Waals surface area contributed by atoms with E-state index in [1.807, 2.05) is 31.2 Å². The van der Waals surface area contributed by atoms with Crippen molar-refractivity contribution in [2.45, 2.75) is 13.5 Å². The van der Waals surface area contributed by atoms with Crippen LogP contribution in [0.5, 0.6) is 5.75 Å². The number of esters is 2. The highest BCUT2D eigenvalue weighted by Gasteiger charge is 2.11. The van der Waals surface area contributed by atoms with Crippen molar-refractivity contribution in [3.05, 3.63) is 71.3 Å². The van der Waals surface area contributed by atoms with E-state index in [2.05, 4.69) is 4.74 Å². The molecular formula is C23H25NO6. The minimum Gasteiger partial charge on any atom is -0.494 e. The molecule has 0 fully saturated rings. The van der Waals surface area contributed by atoms with Crippen LogP contribution in [0.3, 0.4) is 0 Å². The minimum absolute atomic E-state index is 0.312. The number of rotatable bonds is 9. The number of hydrogen-bond acceptors (Lipinski definition) is 6. The van der Waals surface area contributed by atoms with Crippen LogP contribution in [0.25, 0.3) is 6.08 Å². The smallest absolute Gasteiger partial charge is 0.337 e. The van der Waals surface area contributed by atoms with Crippen molar-refractivity contribution in [1.82, 2.24) is 4.90 Å². The fraction of sp³-hybridized carbons (Fsp3) is 0.261. The Bertz CT molecular complexity index is 887. The Morgan fingerprint density at radius 2 is 1.67 bits per heavy atom. The first kappa shape index (κ1) is 22.7. The third-order valence-corrected chi connectivity index (χ3v) is 4.16. The average molecular weight is 411 g/mol. The van der Waals surface area contributed by atoms with Gasteiger partial charge in [0.2, 0.25) is 0 Å². The first-order chi connectivity index (χ1) is 14.4. The summed E-state index contributed by atoms with van der Waals surface area (Å²) in [5, 5.41) is 0. The van der Waals surface area contributed by atoms with Gasteiger partial charge in [0.15, 0.2) is 6.61 Å². The van der Waals surface area contributed by atoms with Crippen LogP contribution < -0.4 is 4.74 Å². The summed E-state index contributed by atoms with van der Waals surface area (Å²) >= 11 is 0. The zero-order valence-corrected chi connectivity index (χ0v) is 17.3. The lowest BCUT2D eigenvalue weighted by Gasteiger charge is -2.17. The Kier molecular flexibility index (Phi) is 8.62. The largest absolute Gasteiger partial charge is 0.494 e. The van der Waals surface area contributed by atoms with E-state index in [1.54, 1.807) is 31.3 Å². The van der Waals surface area contributed by atoms with Crippen LogP contribution in [0.1, 0.15) is 28.4 Å². The van der Waals surface area contributed by atoms with Gasteiger partial charge in [0.25, 0.3) is 5.91 Å². The quantitative estimate of drug-likeness (QED) is 0.466. The summed E-state index contributed by atoms with van der Waals surface area (Å²) in [4.78, 5) is 36.9. The van der Waals surface area contributed by atoms with Gasteiger partial charge in [-0.05, 0) is 48.4 Å². The number of ether oxygens (including phenoxy) is 3. The zero-order valence-electron chi connectivity index (χ0n) is 17.3. The molecular weight excluding hydrogens is 386 g/mol. The number of carbonyl (C=O) groups excluding carboxylic acids is 3. The van der Waals surface area contributed by atoms with Gasteiger partial charge >= 0.3 is 11.9 Å². The van der Waals surface area contributed by atoms with Gasteiger partial charge in [0.05, 0.1) is 19.3 Å². The summed E-state index contributed by atoms with van der Waals surface area (Å²) in [5.41, 5.74) is 2.06. The monoisotopic (exact) mass is 411 g/mol. The van der Waals surface area contributed by atoms with E-state index >= 15 is 0 Å². The van der Waals surface area contributed by atoms with Crippen molar-refractivity contribution in [3.8, 4) is 5.75 Å². The molecule has 1 amide bonds. The second-order valence-electron chi connectivity index (χ2n) is 6.38. The Balaban J connectivity index is 1.79. The third-order valence-electron chi connectivity index (χ3n) is 4.16. The molecule has 0 saturated heterocycles. The summed E-state index contributed by atoms with van der Waals surface area (Å²) in [7, 11) is 2.95. The second-order valence-corrected chi connectivity index (χ2v) is 6.38. The fourth-order valence-electron chi connectivity index (χ4n) is 2.52. The lowest BCUT2D eigenvalue weighted by molar-refractivity contribution is -0.147. The predicted molar refractivity (Wildman–Crippen MR) is 112 cm³/mol. The molecule has 0 aliphatic rings. The average Bonchev–Trinajstić information content (AvgIpc) is 2.77. The highest BCUT2D eigenvalue weighted by Crippen LogP contribution is 2.13. The van der Waals surface area contributed by atoms with E-state index in [9.17, 15) is 14.4 Å². The summed E-state index contributed by atoms with van der Waals surface area (Å²) < 4.78 is 15.0. The molecule has 0 heterocycles. The van der Waals surface area contributed by atoms with Gasteiger partial charge in [-0.25, -0.2) is 9.59 Å². The van der Waals surface area contributed by atoms with Crippen molar-refractivity contribution < 1.29 is 28.6 Å². The van der Waals surface area contributed by atoms with Crippen LogP contribution in [0.2, 0.25) is 0 Å². The van der Waals surface area contributed by atoms with Crippen molar-refractivity contribution in [2.75, 3.05) is 27.4 Å². The van der Waals surface area contributed by atoms with Crippen molar-refractivity contribution in [3.63, 3.8) is 0 Å². The SMILES string of the molecule is CCOc1ccc(CN(C)C(=O)COC(=O)/C=C/c2ccc(C(=O)OC)cc2)cc1. The van der Waals surface area contributed by atoms with Crippen LogP contribution in [0, 0.1) is 0 Å². The second kappa shape index (κ2) is 11.4. The number of nitrogens with zero attached hydrogens (tertiary/aromatic N) is 1. The summed E-state index contributed by atoms with van der Waals surface area (Å²) in [6.07, 6.45) is 2.77. The van der Waals surface area contributed by atoms with Gasteiger partial charge in [-0.1, -0.05) is 24.3 Å². The zero-order chi connectivity index (χ0) is 21.9. The van der Waals surface area contributed by atoms with E-state index in [4.69, 9.17) is 9.47 Å². The molecule has 2 aromatic carbocycles. The molecule has 0 radical (unpaired) electrons. The van der Waals surface area contributed by atoms with Gasteiger partial charge in [-0.2, -0.15) is 0 Å². The topological polar surface area (TPSA) is 82.1 Å². The normalized spacial score (nSPS) is 10.5. The van der Waals surface area contributed by atoms with Crippen LogP contribution in [0.4, 0.5) is 0 Å². The summed E-state index contributed by atoms with van der Waals surface area (Å²) in [5.74, 6) is -0.600. The fourth-order valence-corrected chi connectivity index (χ4v) is 2.52. The predicted octanol–water partition coefficient (Wildman–Crippen LogP) is 3.09. The van der Waals surface area contributed by atoms with Crippen LogP contribution in [-0.4, -0.2) is 50.1 Å². The van der Waals surface area contributed by atoms with Gasteiger partial charge in [0.1, 0.15) is 5.75 Å². The number of carbonyl (C=O) groups is 3. The molecule has 0 aromatic heterocycles. The van der Waals surface area contributed by atoms with Crippen molar-refractivity contribution in [2.24, 2.45) is 0 Å². The molecule has 0 saturated carbocycles. The van der Waals surface area contributed by atoms with Crippen LogP contribution >= 0.6 is 0 Å². The molecule has 158 valence electrons. The standard InChI is InChI=1S/C23H25NO6/c1-4-29-20-12-7-18(8-13-20)15-24(2)21(25)16-30-22(26)14-9-17-5-10-19(11-6-17)23(27)28-3/h5-14H,4,15-16H2,1-3H3/b14-9+. The van der Waals surface area contributed by atoms with Crippen LogP contribution in [-0.2, 0) is 25.6 Å². The molecule has 0 unspecified atom stereocenters. The molecule has 0 atom stereocenters. The Labute approximate surface area is 175 Å². The lowest BCUT2D eigenvalue weighted by Crippen LogP contribution is -2.30. The maximum absolute atomic E-state index is 12.2. The highest BCUT2D eigenvalue weighted by molar-refractivity contribution is 5.91. The van der Waals surface area contributed by atoms with E-state index in [-0.39, 0.29) is 12.5 Å². The highest BCUT2D eigenvalue weighted by atomic mass is 16.5. The Morgan fingerprint density at radius 3 is 2.27 bits per heavy atom. The maximum atomic E-state index is 12.2. The first-order valence-corrected chi connectivity index (χ1v) is 9.42. The number of likely N-dealkylation sites (N-methyl/N-ethyl adjacent to an activating group) is 1. The molecule has 0 spiro atoms. The summed E-state index contributed by atoms with van der Waals surface area (Å²) in [6.45, 7) is 2.55. The van der Waals surface area contributed by atoms with Gasteiger partial charge < -0.3 is 19.1 Å². The van der Waals surface area contributed by atoms with E-state index in [1.165, 1.54) is 24.2 Å². The van der Waals surface area contributed by atoms with Crippen LogP contribution in [0.15, 0.2) is 54.6 Å². The number of hydrogen-bond donors (Lipinski definition) is 0. The Hall–Kier alpha value is -3.61. The molecule has 2 aromatic rings. The molecule has 7 heteroatoms. The Morgan fingerprint density at radius 1 is 1.00 bits per heavy atom. The number of benzene rings is 2.